The Morgan fingerprint density at radius 3 is 2.85 bits per heavy atom. The van der Waals surface area contributed by atoms with Gasteiger partial charge < -0.3 is 5.32 Å². The molecule has 1 aromatic carbocycles. The number of benzene rings is 1. The quantitative estimate of drug-likeness (QED) is 0.641. The molecule has 0 atom stereocenters. The number of anilines is 1. The average molecular weight is 352 g/mol. The predicted octanol–water partition coefficient (Wildman–Crippen LogP) is 4.70. The van der Waals surface area contributed by atoms with Crippen molar-refractivity contribution in [1.29, 1.82) is 0 Å². The van der Waals surface area contributed by atoms with E-state index in [9.17, 15) is 4.79 Å². The van der Waals surface area contributed by atoms with Crippen LogP contribution in [0.3, 0.4) is 0 Å². The van der Waals surface area contributed by atoms with Crippen LogP contribution >= 0.6 is 27.5 Å². The number of carbonyl (C=O) groups excluding carboxylic acids is 1. The molecule has 2 rings (SSSR count). The van der Waals surface area contributed by atoms with Gasteiger partial charge in [0.05, 0.1) is 5.69 Å². The third kappa shape index (κ3) is 3.92. The molecule has 0 unspecified atom stereocenters. The molecule has 2 aromatic rings. The fourth-order valence-corrected chi connectivity index (χ4v) is 2.41. The van der Waals surface area contributed by atoms with Gasteiger partial charge in [-0.1, -0.05) is 11.6 Å². The molecule has 0 aliphatic carbocycles. The Hall–Kier alpha value is -1.65. The van der Waals surface area contributed by atoms with Crippen LogP contribution < -0.4 is 5.32 Å². The summed E-state index contributed by atoms with van der Waals surface area (Å²) in [6.45, 7) is 1.83. The molecule has 0 aliphatic heterocycles. The van der Waals surface area contributed by atoms with E-state index in [1.807, 2.05) is 13.0 Å². The minimum Gasteiger partial charge on any atom is -0.358 e. The van der Waals surface area contributed by atoms with Crippen LogP contribution in [-0.2, 0) is 0 Å². The van der Waals surface area contributed by atoms with Crippen molar-refractivity contribution in [3.63, 3.8) is 0 Å². The second kappa shape index (κ2) is 6.68. The molecule has 1 heterocycles. The van der Waals surface area contributed by atoms with Crippen LogP contribution in [0.2, 0.25) is 5.02 Å². The normalized spacial score (nSPS) is 11.2. The van der Waals surface area contributed by atoms with Crippen LogP contribution in [0.1, 0.15) is 17.3 Å². The van der Waals surface area contributed by atoms with E-state index < -0.39 is 0 Å². The minimum absolute atomic E-state index is 0.0896. The number of allylic oxidation sites excluding steroid dienone is 2. The number of ketones is 1. The van der Waals surface area contributed by atoms with E-state index in [1.165, 1.54) is 6.08 Å². The van der Waals surface area contributed by atoms with Crippen LogP contribution in [0, 0.1) is 0 Å². The Labute approximate surface area is 130 Å². The number of halogens is 2. The predicted molar refractivity (Wildman–Crippen MR) is 85.1 cm³/mol. The lowest BCUT2D eigenvalue weighted by Gasteiger charge is -2.09. The van der Waals surface area contributed by atoms with Crippen LogP contribution in [-0.4, -0.2) is 10.8 Å². The first-order valence-corrected chi connectivity index (χ1v) is 7.08. The van der Waals surface area contributed by atoms with E-state index in [0.29, 0.717) is 10.6 Å². The number of rotatable bonds is 4. The molecule has 5 heteroatoms. The van der Waals surface area contributed by atoms with E-state index in [4.69, 9.17) is 11.6 Å². The van der Waals surface area contributed by atoms with Crippen LogP contribution in [0.25, 0.3) is 0 Å². The van der Waals surface area contributed by atoms with Gasteiger partial charge in [0.15, 0.2) is 5.78 Å². The molecule has 0 bridgehead atoms. The number of pyridine rings is 1. The zero-order chi connectivity index (χ0) is 14.5. The molecule has 1 aromatic heterocycles. The molecule has 102 valence electrons. The topological polar surface area (TPSA) is 42.0 Å². The second-order valence-electron chi connectivity index (χ2n) is 4.18. The van der Waals surface area contributed by atoms with Gasteiger partial charge in [-0.15, -0.1) is 0 Å². The molecule has 0 spiro atoms. The van der Waals surface area contributed by atoms with Crippen LogP contribution in [0.4, 0.5) is 5.69 Å². The summed E-state index contributed by atoms with van der Waals surface area (Å²) < 4.78 is 0.839. The van der Waals surface area contributed by atoms with Crippen molar-refractivity contribution in [3.8, 4) is 0 Å². The van der Waals surface area contributed by atoms with Crippen molar-refractivity contribution < 1.29 is 4.79 Å². The lowest BCUT2D eigenvalue weighted by Crippen LogP contribution is -2.02. The summed E-state index contributed by atoms with van der Waals surface area (Å²) in [5, 5.41) is 3.80. The Morgan fingerprint density at radius 2 is 2.20 bits per heavy atom. The summed E-state index contributed by atoms with van der Waals surface area (Å²) in [7, 11) is 0. The molecule has 0 aliphatic rings. The van der Waals surface area contributed by atoms with Crippen LogP contribution in [0.5, 0.6) is 0 Å². The zero-order valence-electron chi connectivity index (χ0n) is 10.7. The van der Waals surface area contributed by atoms with Crippen molar-refractivity contribution in [3.05, 3.63) is 69.6 Å². The van der Waals surface area contributed by atoms with Gasteiger partial charge in [0.1, 0.15) is 0 Å². The van der Waals surface area contributed by atoms with E-state index in [2.05, 4.69) is 26.2 Å². The summed E-state index contributed by atoms with van der Waals surface area (Å²) in [5.74, 6) is -0.0896. The van der Waals surface area contributed by atoms with Crippen molar-refractivity contribution in [1.82, 2.24) is 4.98 Å². The van der Waals surface area contributed by atoms with Gasteiger partial charge in [0.25, 0.3) is 0 Å². The Kier molecular flexibility index (Phi) is 4.93. The van der Waals surface area contributed by atoms with Gasteiger partial charge in [0.2, 0.25) is 0 Å². The maximum atomic E-state index is 12.0. The lowest BCUT2D eigenvalue weighted by molar-refractivity contribution is 0.104. The Morgan fingerprint density at radius 1 is 1.40 bits per heavy atom. The molecule has 0 saturated carbocycles. The van der Waals surface area contributed by atoms with E-state index in [-0.39, 0.29) is 5.78 Å². The zero-order valence-corrected chi connectivity index (χ0v) is 13.1. The van der Waals surface area contributed by atoms with Gasteiger partial charge in [-0.25, -0.2) is 0 Å². The molecule has 1 N–H and O–H groups in total. The first-order chi connectivity index (χ1) is 9.56. The summed E-state index contributed by atoms with van der Waals surface area (Å²) in [6.07, 6.45) is 4.72. The van der Waals surface area contributed by atoms with Crippen molar-refractivity contribution in [2.45, 2.75) is 6.92 Å². The average Bonchev–Trinajstić information content (AvgIpc) is 2.43. The number of hydrogen-bond acceptors (Lipinski definition) is 3. The lowest BCUT2D eigenvalue weighted by atomic mass is 10.1. The smallest absolute Gasteiger partial charge is 0.189 e. The molecular weight excluding hydrogens is 340 g/mol. The second-order valence-corrected chi connectivity index (χ2v) is 5.47. The molecule has 0 radical (unpaired) electrons. The maximum Gasteiger partial charge on any atom is 0.189 e. The van der Waals surface area contributed by atoms with Crippen LogP contribution in [0.15, 0.2) is 59.0 Å². The van der Waals surface area contributed by atoms with Crippen molar-refractivity contribution in [2.75, 3.05) is 5.32 Å². The summed E-state index contributed by atoms with van der Waals surface area (Å²) in [4.78, 5) is 15.9. The minimum atomic E-state index is -0.0896. The first kappa shape index (κ1) is 14.8. The highest BCUT2D eigenvalue weighted by molar-refractivity contribution is 9.10. The van der Waals surface area contributed by atoms with Crippen molar-refractivity contribution >= 4 is 39.0 Å². The Balaban J connectivity index is 2.13. The summed E-state index contributed by atoms with van der Waals surface area (Å²) >= 11 is 9.30. The van der Waals surface area contributed by atoms with E-state index >= 15 is 0 Å². The number of carbonyl (C=O) groups is 1. The van der Waals surface area contributed by atoms with Gasteiger partial charge in [-0.05, 0) is 53.2 Å². The highest BCUT2D eigenvalue weighted by Crippen LogP contribution is 2.26. The third-order valence-electron chi connectivity index (χ3n) is 2.56. The largest absolute Gasteiger partial charge is 0.358 e. The molecule has 0 saturated heterocycles. The number of aromatic nitrogens is 1. The van der Waals surface area contributed by atoms with Gasteiger partial charge in [-0.3, -0.25) is 9.78 Å². The standard InChI is InChI=1S/C15H12BrClN2O/c1-10(7-15(20)11-3-2-6-18-9-11)19-14-5-4-12(17)8-13(14)16/h2-9,19H,1H3/b10-7+. The number of nitrogens with zero attached hydrogens (tertiary/aromatic N) is 1. The third-order valence-corrected chi connectivity index (χ3v) is 3.45. The maximum absolute atomic E-state index is 12.0. The highest BCUT2D eigenvalue weighted by atomic mass is 79.9. The fourth-order valence-electron chi connectivity index (χ4n) is 1.63. The number of hydrogen-bond donors (Lipinski definition) is 1. The van der Waals surface area contributed by atoms with Gasteiger partial charge in [0, 0.05) is 39.2 Å². The molecule has 3 nitrogen and oxygen atoms in total. The highest BCUT2D eigenvalue weighted by Gasteiger charge is 2.04. The monoisotopic (exact) mass is 350 g/mol. The number of nitrogens with one attached hydrogen (secondary N) is 1. The summed E-state index contributed by atoms with van der Waals surface area (Å²) in [6, 6.07) is 8.89. The SMILES string of the molecule is C/C(=C\C(=O)c1cccnc1)Nc1ccc(Cl)cc1Br. The summed E-state index contributed by atoms with van der Waals surface area (Å²) in [5.41, 5.74) is 2.15. The van der Waals surface area contributed by atoms with Gasteiger partial charge in [-0.2, -0.15) is 0 Å². The molecule has 0 amide bonds. The molecule has 0 fully saturated rings. The molecule has 20 heavy (non-hydrogen) atoms. The van der Waals surface area contributed by atoms with E-state index in [0.717, 1.165) is 15.9 Å². The van der Waals surface area contributed by atoms with E-state index in [1.54, 1.807) is 36.7 Å². The Bertz CT molecular complexity index is 656. The fraction of sp³-hybridized carbons (Fsp3) is 0.0667. The first-order valence-electron chi connectivity index (χ1n) is 5.91. The van der Waals surface area contributed by atoms with Gasteiger partial charge >= 0.3 is 0 Å². The molecular formula is C15H12BrClN2O. The van der Waals surface area contributed by atoms with Crippen molar-refractivity contribution in [2.24, 2.45) is 0 Å².